The van der Waals surface area contributed by atoms with Crippen molar-refractivity contribution in [2.45, 2.75) is 12.9 Å². The van der Waals surface area contributed by atoms with E-state index in [-0.39, 0.29) is 24.2 Å². The van der Waals surface area contributed by atoms with Crippen LogP contribution in [-0.2, 0) is 6.54 Å². The number of ether oxygens (including phenoxy) is 4. The first kappa shape index (κ1) is 27.3. The lowest BCUT2D eigenvalue weighted by atomic mass is 10.2. The zero-order valence-corrected chi connectivity index (χ0v) is 22.1. The Morgan fingerprint density at radius 1 is 0.854 bits per heavy atom. The van der Waals surface area contributed by atoms with Crippen LogP contribution in [0.3, 0.4) is 0 Å². The molecule has 0 aliphatic heterocycles. The summed E-state index contributed by atoms with van der Waals surface area (Å²) < 4.78 is 59.3. The van der Waals surface area contributed by atoms with Gasteiger partial charge < -0.3 is 29.6 Å². The predicted molar refractivity (Wildman–Crippen MR) is 144 cm³/mol. The van der Waals surface area contributed by atoms with Crippen molar-refractivity contribution < 1.29 is 32.1 Å². The molecule has 2 aromatic heterocycles. The third-order valence-electron chi connectivity index (χ3n) is 5.85. The van der Waals surface area contributed by atoms with Crippen LogP contribution in [0.2, 0.25) is 0 Å². The number of imidazole rings is 1. The maximum Gasteiger partial charge on any atom is 0.573 e. The third-order valence-corrected chi connectivity index (χ3v) is 5.85. The summed E-state index contributed by atoms with van der Waals surface area (Å²) in [5, 5.41) is 6.35. The summed E-state index contributed by atoms with van der Waals surface area (Å²) >= 11 is 0. The number of methoxy groups -OCH3 is 3. The van der Waals surface area contributed by atoms with Crippen molar-refractivity contribution in [1.82, 2.24) is 24.5 Å². The topological polar surface area (TPSA) is 117 Å². The quantitative estimate of drug-likeness (QED) is 0.224. The van der Waals surface area contributed by atoms with E-state index in [1.807, 2.05) is 24.3 Å². The summed E-state index contributed by atoms with van der Waals surface area (Å²) in [6.45, 7) is 0.261. The molecule has 0 aliphatic rings. The second-order valence-corrected chi connectivity index (χ2v) is 8.45. The highest BCUT2D eigenvalue weighted by Gasteiger charge is 2.31. The number of para-hydroxylation sites is 2. The molecule has 2 heterocycles. The van der Waals surface area contributed by atoms with Gasteiger partial charge in [0.2, 0.25) is 23.6 Å². The molecule has 2 N–H and O–H groups in total. The maximum atomic E-state index is 12.5. The SMILES string of the molecule is COc1cc(Nc2ncnc(-n3c(NCc4ccc(OC(F)(F)F)cc4)nc4ccccc43)n2)cc(OC)c1OC. The molecule has 0 amide bonds. The minimum atomic E-state index is -4.76. The zero-order chi connectivity index (χ0) is 29.0. The van der Waals surface area contributed by atoms with Gasteiger partial charge in [0.25, 0.3) is 0 Å². The lowest BCUT2D eigenvalue weighted by molar-refractivity contribution is -0.274. The number of halogens is 3. The minimum Gasteiger partial charge on any atom is -0.493 e. The molecular formula is C27H24F3N7O4. The van der Waals surface area contributed by atoms with Crippen LogP contribution in [0.25, 0.3) is 17.0 Å². The lowest BCUT2D eigenvalue weighted by Crippen LogP contribution is -2.17. The number of nitrogens with one attached hydrogen (secondary N) is 2. The van der Waals surface area contributed by atoms with E-state index in [0.717, 1.165) is 5.52 Å². The molecule has 0 aliphatic carbocycles. The van der Waals surface area contributed by atoms with Gasteiger partial charge in [-0.2, -0.15) is 4.98 Å². The van der Waals surface area contributed by atoms with E-state index in [0.29, 0.717) is 40.0 Å². The maximum absolute atomic E-state index is 12.5. The first-order chi connectivity index (χ1) is 19.8. The minimum absolute atomic E-state index is 0.244. The molecule has 0 atom stereocenters. The largest absolute Gasteiger partial charge is 0.573 e. The average Bonchev–Trinajstić information content (AvgIpc) is 3.34. The fraction of sp³-hybridized carbons (Fsp3) is 0.185. The van der Waals surface area contributed by atoms with Crippen molar-refractivity contribution in [1.29, 1.82) is 0 Å². The number of alkyl halides is 3. The number of anilines is 3. The van der Waals surface area contributed by atoms with Crippen molar-refractivity contribution >= 4 is 28.6 Å². The van der Waals surface area contributed by atoms with Gasteiger partial charge >= 0.3 is 6.36 Å². The number of fused-ring (bicyclic) bond motifs is 1. The molecule has 5 rings (SSSR count). The van der Waals surface area contributed by atoms with E-state index in [1.165, 1.54) is 51.9 Å². The second-order valence-electron chi connectivity index (χ2n) is 8.45. The molecule has 0 spiro atoms. The van der Waals surface area contributed by atoms with Gasteiger partial charge in [-0.3, -0.25) is 0 Å². The van der Waals surface area contributed by atoms with Gasteiger partial charge in [-0.25, -0.2) is 19.5 Å². The lowest BCUT2D eigenvalue weighted by Gasteiger charge is -2.15. The van der Waals surface area contributed by atoms with E-state index in [1.54, 1.807) is 16.7 Å². The van der Waals surface area contributed by atoms with Crippen LogP contribution < -0.4 is 29.6 Å². The predicted octanol–water partition coefficient (Wildman–Crippen LogP) is 5.49. The Morgan fingerprint density at radius 2 is 1.56 bits per heavy atom. The van der Waals surface area contributed by atoms with E-state index >= 15 is 0 Å². The normalized spacial score (nSPS) is 11.3. The molecule has 0 radical (unpaired) electrons. The van der Waals surface area contributed by atoms with E-state index in [4.69, 9.17) is 14.2 Å². The van der Waals surface area contributed by atoms with Crippen LogP contribution in [0.4, 0.5) is 30.8 Å². The Morgan fingerprint density at radius 3 is 2.22 bits per heavy atom. The van der Waals surface area contributed by atoms with Crippen molar-refractivity contribution in [2.24, 2.45) is 0 Å². The van der Waals surface area contributed by atoms with Crippen LogP contribution in [0.5, 0.6) is 23.0 Å². The molecule has 212 valence electrons. The van der Waals surface area contributed by atoms with E-state index in [9.17, 15) is 13.2 Å². The molecule has 3 aromatic carbocycles. The van der Waals surface area contributed by atoms with Gasteiger partial charge in [-0.15, -0.1) is 13.2 Å². The van der Waals surface area contributed by atoms with Gasteiger partial charge in [-0.05, 0) is 29.8 Å². The molecule has 0 bridgehead atoms. The van der Waals surface area contributed by atoms with Crippen LogP contribution in [0, 0.1) is 0 Å². The Bertz CT molecular complexity index is 1630. The van der Waals surface area contributed by atoms with Crippen molar-refractivity contribution in [3.63, 3.8) is 0 Å². The van der Waals surface area contributed by atoms with Crippen LogP contribution in [0.1, 0.15) is 5.56 Å². The molecule has 0 fully saturated rings. The van der Waals surface area contributed by atoms with Crippen LogP contribution >= 0.6 is 0 Å². The standard InChI is InChI=1S/C27H24F3N7O4/c1-38-21-12-17(13-22(39-2)23(21)40-3)34-24-32-15-33-26(36-24)37-20-7-5-4-6-19(20)35-25(37)31-14-16-8-10-18(11-9-16)41-27(28,29)30/h4-13,15H,14H2,1-3H3,(H,31,35)(H,32,33,34,36). The fourth-order valence-corrected chi connectivity index (χ4v) is 4.08. The van der Waals surface area contributed by atoms with Gasteiger partial charge in [0.1, 0.15) is 12.1 Å². The molecular weight excluding hydrogens is 543 g/mol. The summed E-state index contributed by atoms with van der Waals surface area (Å²) in [6.07, 6.45) is -3.39. The summed E-state index contributed by atoms with van der Waals surface area (Å²) in [4.78, 5) is 17.8. The summed E-state index contributed by atoms with van der Waals surface area (Å²) in [7, 11) is 4.56. The molecule has 0 saturated carbocycles. The number of rotatable bonds is 10. The Labute approximate surface area is 231 Å². The molecule has 5 aromatic rings. The smallest absolute Gasteiger partial charge is 0.493 e. The van der Waals surface area contributed by atoms with Gasteiger partial charge in [-0.1, -0.05) is 24.3 Å². The van der Waals surface area contributed by atoms with Gasteiger partial charge in [0.15, 0.2) is 11.5 Å². The highest BCUT2D eigenvalue weighted by Crippen LogP contribution is 2.40. The average molecular weight is 568 g/mol. The fourth-order valence-electron chi connectivity index (χ4n) is 4.08. The molecule has 14 heteroatoms. The Kier molecular flexibility index (Phi) is 7.63. The highest BCUT2D eigenvalue weighted by atomic mass is 19.4. The second kappa shape index (κ2) is 11.5. The number of aromatic nitrogens is 5. The highest BCUT2D eigenvalue weighted by molar-refractivity contribution is 5.80. The van der Waals surface area contributed by atoms with E-state index < -0.39 is 6.36 Å². The van der Waals surface area contributed by atoms with Gasteiger partial charge in [0.05, 0.1) is 32.4 Å². The zero-order valence-electron chi connectivity index (χ0n) is 22.1. The number of hydrogen-bond acceptors (Lipinski definition) is 10. The van der Waals surface area contributed by atoms with Gasteiger partial charge in [0, 0.05) is 24.4 Å². The van der Waals surface area contributed by atoms with Crippen LogP contribution in [-0.4, -0.2) is 52.2 Å². The molecule has 0 unspecified atom stereocenters. The molecule has 11 nitrogen and oxygen atoms in total. The first-order valence-electron chi connectivity index (χ1n) is 12.1. The van der Waals surface area contributed by atoms with Crippen LogP contribution in [0.15, 0.2) is 67.0 Å². The number of hydrogen-bond donors (Lipinski definition) is 2. The van der Waals surface area contributed by atoms with Crippen molar-refractivity contribution in [2.75, 3.05) is 32.0 Å². The number of benzene rings is 3. The summed E-state index contributed by atoms with van der Waals surface area (Å²) in [6, 6.07) is 16.4. The first-order valence-corrected chi connectivity index (χ1v) is 12.1. The van der Waals surface area contributed by atoms with E-state index in [2.05, 4.69) is 35.3 Å². The summed E-state index contributed by atoms with van der Waals surface area (Å²) in [5.41, 5.74) is 2.71. The monoisotopic (exact) mass is 567 g/mol. The summed E-state index contributed by atoms with van der Waals surface area (Å²) in [5.74, 6) is 1.99. The van der Waals surface area contributed by atoms with Crippen molar-refractivity contribution in [3.8, 4) is 28.9 Å². The van der Waals surface area contributed by atoms with Crippen molar-refractivity contribution in [3.05, 3.63) is 72.6 Å². The molecule has 41 heavy (non-hydrogen) atoms. The molecule has 0 saturated heterocycles. The number of nitrogens with zero attached hydrogens (tertiary/aromatic N) is 5. The Balaban J connectivity index is 1.43. The third kappa shape index (κ3) is 6.16. The Hall–Kier alpha value is -5.27.